The predicted octanol–water partition coefficient (Wildman–Crippen LogP) is 5.38. The SMILES string of the molecule is Cc1ccc(CC(=O)Nc2ncc(Cc3cccc4ccccc34)s2)cc1. The Labute approximate surface area is 162 Å². The highest BCUT2D eigenvalue weighted by atomic mass is 32.1. The van der Waals surface area contributed by atoms with Crippen molar-refractivity contribution in [2.45, 2.75) is 19.8 Å². The van der Waals surface area contributed by atoms with Crippen LogP contribution in [0.25, 0.3) is 10.8 Å². The van der Waals surface area contributed by atoms with Crippen molar-refractivity contribution in [2.24, 2.45) is 0 Å². The Morgan fingerprint density at radius 2 is 1.78 bits per heavy atom. The molecule has 0 radical (unpaired) electrons. The number of nitrogens with zero attached hydrogens (tertiary/aromatic N) is 1. The molecule has 0 aliphatic heterocycles. The number of hydrogen-bond acceptors (Lipinski definition) is 3. The fraction of sp³-hybridized carbons (Fsp3) is 0.130. The molecule has 3 aromatic carbocycles. The lowest BCUT2D eigenvalue weighted by Gasteiger charge is -2.05. The Morgan fingerprint density at radius 1 is 1.00 bits per heavy atom. The molecule has 0 aliphatic rings. The van der Waals surface area contributed by atoms with E-state index in [2.05, 4.69) is 52.8 Å². The van der Waals surface area contributed by atoms with Gasteiger partial charge in [0, 0.05) is 17.5 Å². The van der Waals surface area contributed by atoms with Gasteiger partial charge in [0.1, 0.15) is 0 Å². The topological polar surface area (TPSA) is 42.0 Å². The van der Waals surface area contributed by atoms with E-state index in [4.69, 9.17) is 0 Å². The molecule has 1 amide bonds. The second-order valence-corrected chi connectivity index (χ2v) is 7.77. The monoisotopic (exact) mass is 372 g/mol. The van der Waals surface area contributed by atoms with Gasteiger partial charge in [0.15, 0.2) is 5.13 Å². The van der Waals surface area contributed by atoms with Gasteiger partial charge in [0.05, 0.1) is 6.42 Å². The average molecular weight is 372 g/mol. The fourth-order valence-electron chi connectivity index (χ4n) is 3.14. The Bertz CT molecular complexity index is 1080. The van der Waals surface area contributed by atoms with Crippen LogP contribution in [0.4, 0.5) is 5.13 Å². The van der Waals surface area contributed by atoms with Gasteiger partial charge in [0.2, 0.25) is 5.91 Å². The summed E-state index contributed by atoms with van der Waals surface area (Å²) in [5, 5.41) is 6.08. The Hall–Kier alpha value is -2.98. The van der Waals surface area contributed by atoms with Crippen molar-refractivity contribution in [3.05, 3.63) is 94.5 Å². The molecule has 0 spiro atoms. The van der Waals surface area contributed by atoms with Crippen LogP contribution in [0.3, 0.4) is 0 Å². The summed E-state index contributed by atoms with van der Waals surface area (Å²) in [6.07, 6.45) is 3.03. The molecule has 4 aromatic rings. The molecule has 1 heterocycles. The zero-order chi connectivity index (χ0) is 18.6. The Balaban J connectivity index is 1.44. The van der Waals surface area contributed by atoms with Crippen molar-refractivity contribution in [3.63, 3.8) is 0 Å². The van der Waals surface area contributed by atoms with Crippen LogP contribution in [-0.4, -0.2) is 10.9 Å². The smallest absolute Gasteiger partial charge is 0.230 e. The maximum absolute atomic E-state index is 12.3. The first kappa shape index (κ1) is 17.4. The van der Waals surface area contributed by atoms with E-state index in [1.54, 1.807) is 0 Å². The highest BCUT2D eigenvalue weighted by Gasteiger charge is 2.09. The molecule has 0 aliphatic carbocycles. The summed E-state index contributed by atoms with van der Waals surface area (Å²) in [4.78, 5) is 17.8. The first-order valence-electron chi connectivity index (χ1n) is 8.94. The zero-order valence-electron chi connectivity index (χ0n) is 15.1. The van der Waals surface area contributed by atoms with Crippen molar-refractivity contribution in [1.29, 1.82) is 0 Å². The minimum absolute atomic E-state index is 0.0371. The first-order valence-corrected chi connectivity index (χ1v) is 9.76. The zero-order valence-corrected chi connectivity index (χ0v) is 15.9. The third-order valence-electron chi connectivity index (χ3n) is 4.53. The fourth-order valence-corrected chi connectivity index (χ4v) is 3.99. The summed E-state index contributed by atoms with van der Waals surface area (Å²) in [6.45, 7) is 2.04. The molecule has 1 N–H and O–H groups in total. The lowest BCUT2D eigenvalue weighted by Crippen LogP contribution is -2.14. The van der Waals surface area contributed by atoms with Gasteiger partial charge >= 0.3 is 0 Å². The van der Waals surface area contributed by atoms with Crippen LogP contribution < -0.4 is 5.32 Å². The molecule has 134 valence electrons. The molecule has 0 bridgehead atoms. The number of anilines is 1. The lowest BCUT2D eigenvalue weighted by molar-refractivity contribution is -0.115. The molecule has 0 fully saturated rings. The summed E-state index contributed by atoms with van der Waals surface area (Å²) in [5.74, 6) is -0.0371. The molecule has 0 saturated heterocycles. The molecule has 3 nitrogen and oxygen atoms in total. The lowest BCUT2D eigenvalue weighted by atomic mass is 10.0. The number of carbonyl (C=O) groups is 1. The van der Waals surface area contributed by atoms with Crippen molar-refractivity contribution in [1.82, 2.24) is 4.98 Å². The minimum Gasteiger partial charge on any atom is -0.302 e. The second kappa shape index (κ2) is 7.72. The minimum atomic E-state index is -0.0371. The van der Waals surface area contributed by atoms with E-state index < -0.39 is 0 Å². The van der Waals surface area contributed by atoms with Crippen LogP contribution in [0.5, 0.6) is 0 Å². The summed E-state index contributed by atoms with van der Waals surface area (Å²) >= 11 is 1.53. The molecular formula is C23H20N2OS. The van der Waals surface area contributed by atoms with E-state index in [1.807, 2.05) is 37.4 Å². The number of aryl methyl sites for hydroxylation is 1. The van der Waals surface area contributed by atoms with Crippen LogP contribution in [0.1, 0.15) is 21.6 Å². The molecule has 0 atom stereocenters. The highest BCUT2D eigenvalue weighted by Crippen LogP contribution is 2.25. The Morgan fingerprint density at radius 3 is 2.63 bits per heavy atom. The molecule has 0 saturated carbocycles. The predicted molar refractivity (Wildman–Crippen MR) is 112 cm³/mol. The molecule has 1 aromatic heterocycles. The van der Waals surface area contributed by atoms with E-state index in [1.165, 1.54) is 33.2 Å². The summed E-state index contributed by atoms with van der Waals surface area (Å²) in [5.41, 5.74) is 3.47. The summed E-state index contributed by atoms with van der Waals surface area (Å²) in [7, 11) is 0. The van der Waals surface area contributed by atoms with E-state index >= 15 is 0 Å². The molecular weight excluding hydrogens is 352 g/mol. The summed E-state index contributed by atoms with van der Waals surface area (Å²) in [6, 6.07) is 22.8. The first-order chi connectivity index (χ1) is 13.2. The van der Waals surface area contributed by atoms with E-state index in [-0.39, 0.29) is 5.91 Å². The van der Waals surface area contributed by atoms with Gasteiger partial charge in [-0.2, -0.15) is 0 Å². The number of amides is 1. The van der Waals surface area contributed by atoms with Gasteiger partial charge in [-0.15, -0.1) is 11.3 Å². The van der Waals surface area contributed by atoms with Crippen LogP contribution in [0.15, 0.2) is 72.9 Å². The molecule has 0 unspecified atom stereocenters. The normalized spacial score (nSPS) is 10.9. The quantitative estimate of drug-likeness (QED) is 0.511. The van der Waals surface area contributed by atoms with E-state index in [0.29, 0.717) is 11.6 Å². The molecule has 4 rings (SSSR count). The van der Waals surface area contributed by atoms with Gasteiger partial charge in [0.25, 0.3) is 0 Å². The average Bonchev–Trinajstić information content (AvgIpc) is 3.10. The number of hydrogen-bond donors (Lipinski definition) is 1. The number of thiazole rings is 1. The standard InChI is InChI=1S/C23H20N2OS/c1-16-9-11-17(12-10-16)13-22(26)25-23-24-15-20(27-23)14-19-7-4-6-18-5-2-3-8-21(18)19/h2-12,15H,13-14H2,1H3,(H,24,25,26). The Kier molecular flexibility index (Phi) is 4.99. The molecule has 4 heteroatoms. The highest BCUT2D eigenvalue weighted by molar-refractivity contribution is 7.15. The van der Waals surface area contributed by atoms with Crippen molar-refractivity contribution in [3.8, 4) is 0 Å². The number of carbonyl (C=O) groups excluding carboxylic acids is 1. The van der Waals surface area contributed by atoms with Crippen LogP contribution >= 0.6 is 11.3 Å². The molecule has 27 heavy (non-hydrogen) atoms. The largest absolute Gasteiger partial charge is 0.302 e. The van der Waals surface area contributed by atoms with Gasteiger partial charge in [-0.1, -0.05) is 72.3 Å². The summed E-state index contributed by atoms with van der Waals surface area (Å²) < 4.78 is 0. The van der Waals surface area contributed by atoms with Crippen LogP contribution in [0, 0.1) is 6.92 Å². The number of rotatable bonds is 5. The van der Waals surface area contributed by atoms with Gasteiger partial charge in [-0.05, 0) is 28.8 Å². The van der Waals surface area contributed by atoms with Gasteiger partial charge in [-0.3, -0.25) is 4.79 Å². The van der Waals surface area contributed by atoms with Crippen LogP contribution in [-0.2, 0) is 17.6 Å². The van der Waals surface area contributed by atoms with Crippen LogP contribution in [0.2, 0.25) is 0 Å². The van der Waals surface area contributed by atoms with E-state index in [0.717, 1.165) is 16.9 Å². The number of benzene rings is 3. The van der Waals surface area contributed by atoms with Gasteiger partial charge < -0.3 is 5.32 Å². The van der Waals surface area contributed by atoms with Gasteiger partial charge in [-0.25, -0.2) is 4.98 Å². The number of aromatic nitrogens is 1. The maximum atomic E-state index is 12.3. The third-order valence-corrected chi connectivity index (χ3v) is 5.44. The number of nitrogens with one attached hydrogen (secondary N) is 1. The number of fused-ring (bicyclic) bond motifs is 1. The van der Waals surface area contributed by atoms with Crippen molar-refractivity contribution >= 4 is 33.1 Å². The van der Waals surface area contributed by atoms with Crippen molar-refractivity contribution < 1.29 is 4.79 Å². The van der Waals surface area contributed by atoms with E-state index in [9.17, 15) is 4.79 Å². The third kappa shape index (κ3) is 4.23. The van der Waals surface area contributed by atoms with Crippen molar-refractivity contribution in [2.75, 3.05) is 5.32 Å². The second-order valence-electron chi connectivity index (χ2n) is 6.66. The maximum Gasteiger partial charge on any atom is 0.230 e.